The van der Waals surface area contributed by atoms with E-state index in [1.807, 2.05) is 59.7 Å². The summed E-state index contributed by atoms with van der Waals surface area (Å²) >= 11 is 0. The molecule has 0 spiro atoms. The van der Waals surface area contributed by atoms with Crippen molar-refractivity contribution in [1.82, 2.24) is 16.0 Å². The van der Waals surface area contributed by atoms with E-state index in [0.29, 0.717) is 51.2 Å². The van der Waals surface area contributed by atoms with Gasteiger partial charge in [-0.2, -0.15) is 0 Å². The van der Waals surface area contributed by atoms with Crippen LogP contribution in [0.1, 0.15) is 70.9 Å². The number of nitrogens with two attached hydrogens (primary N) is 1. The Kier molecular flexibility index (Phi) is 14.2. The number of amides is 2. The minimum atomic E-state index is -1.70. The summed E-state index contributed by atoms with van der Waals surface area (Å²) in [6, 6.07) is 5.22. The van der Waals surface area contributed by atoms with E-state index in [1.165, 1.54) is 0 Å². The number of aryl methyl sites for hydroxylation is 2. The number of carbonyl (C=O) groups excluding carboxylic acids is 2. The Morgan fingerprint density at radius 3 is 2.45 bits per heavy atom. The van der Waals surface area contributed by atoms with E-state index in [9.17, 15) is 19.6 Å². The van der Waals surface area contributed by atoms with Gasteiger partial charge in [-0.1, -0.05) is 39.8 Å². The Morgan fingerprint density at radius 1 is 1.16 bits per heavy atom. The van der Waals surface area contributed by atoms with Crippen LogP contribution in [0.5, 0.6) is 5.75 Å². The summed E-state index contributed by atoms with van der Waals surface area (Å²) in [7, 11) is -0.128. The molecule has 1 aromatic carbocycles. The van der Waals surface area contributed by atoms with Gasteiger partial charge in [-0.05, 0) is 69.1 Å². The van der Waals surface area contributed by atoms with Crippen molar-refractivity contribution in [2.75, 3.05) is 20.2 Å². The maximum absolute atomic E-state index is 13.2. The lowest BCUT2D eigenvalue weighted by molar-refractivity contribution is -0.134. The highest BCUT2D eigenvalue weighted by Crippen LogP contribution is 2.25. The number of nitrogens with one attached hydrogen (secondary N) is 3. The zero-order chi connectivity index (χ0) is 28.9. The van der Waals surface area contributed by atoms with Crippen LogP contribution < -0.4 is 26.4 Å². The van der Waals surface area contributed by atoms with E-state index < -0.39 is 30.4 Å². The van der Waals surface area contributed by atoms with Crippen LogP contribution in [-0.2, 0) is 9.59 Å². The van der Waals surface area contributed by atoms with Crippen molar-refractivity contribution in [3.63, 3.8) is 0 Å². The van der Waals surface area contributed by atoms with E-state index in [1.54, 1.807) is 7.05 Å². The number of rotatable bonds is 16. The highest BCUT2D eigenvalue weighted by Gasteiger charge is 2.33. The Hall–Kier alpha value is -2.79. The van der Waals surface area contributed by atoms with Crippen LogP contribution in [0, 0.1) is 25.2 Å². The molecule has 0 saturated heterocycles. The number of benzene rings is 1. The van der Waals surface area contributed by atoms with E-state index in [-0.39, 0.29) is 11.8 Å². The zero-order valence-electron chi connectivity index (χ0n) is 24.1. The van der Waals surface area contributed by atoms with Crippen LogP contribution in [0.3, 0.4) is 0 Å². The fourth-order valence-electron chi connectivity index (χ4n) is 3.94. The first-order valence-electron chi connectivity index (χ1n) is 13.4. The molecule has 0 aromatic heterocycles. The molecule has 0 saturated carbocycles. The summed E-state index contributed by atoms with van der Waals surface area (Å²) in [6.07, 6.45) is 2.49. The summed E-state index contributed by atoms with van der Waals surface area (Å²) in [5.74, 6) is -0.272. The molecule has 0 aliphatic heterocycles. The van der Waals surface area contributed by atoms with Crippen LogP contribution >= 0.6 is 0 Å². The Balaban J connectivity index is 2.80. The molecule has 214 valence electrons. The van der Waals surface area contributed by atoms with Gasteiger partial charge in [0.1, 0.15) is 11.8 Å². The molecule has 1 aromatic rings. The van der Waals surface area contributed by atoms with Gasteiger partial charge in [-0.3, -0.25) is 14.6 Å². The van der Waals surface area contributed by atoms with Crippen LogP contribution in [0.2, 0.25) is 0 Å². The molecule has 0 heterocycles. The predicted octanol–water partition coefficient (Wildman–Crippen LogP) is 1.83. The largest absolute Gasteiger partial charge is 0.493 e. The fourth-order valence-corrected chi connectivity index (χ4v) is 3.94. The topological polar surface area (TPSA) is 158 Å². The molecule has 7 N–H and O–H groups in total. The Labute approximate surface area is 228 Å². The van der Waals surface area contributed by atoms with Gasteiger partial charge in [0.2, 0.25) is 11.8 Å². The molecule has 0 bridgehead atoms. The Bertz CT molecular complexity index is 923. The first kappa shape index (κ1) is 33.2. The SMILES string of the molecule is CN=C(N)NCCC[C@H](NC(=O)C(C)(C)CCCOc1cc(C)ccc1C)C(=O)N[C@@H](CC(C)C)B(O)O. The van der Waals surface area contributed by atoms with Crippen molar-refractivity contribution >= 4 is 24.9 Å². The van der Waals surface area contributed by atoms with Crippen LogP contribution in [0.4, 0.5) is 0 Å². The van der Waals surface area contributed by atoms with Gasteiger partial charge in [0.05, 0.1) is 12.5 Å². The standard InChI is InChI=1S/C27H48BN5O5/c1-18(2)16-23(28(36)37)33-24(34)21(10-8-14-31-26(29)30-7)32-25(35)27(5,6)13-9-15-38-22-17-19(3)11-12-20(22)4/h11-12,17-18,21,23,36-37H,8-10,13-16H2,1-7H3,(H,32,35)(H,33,34)(H3,29,30,31)/t21-,23-/m0/s1. The minimum absolute atomic E-state index is 0.139. The van der Waals surface area contributed by atoms with Crippen molar-refractivity contribution in [2.45, 2.75) is 85.6 Å². The second-order valence-corrected chi connectivity index (χ2v) is 11.0. The molecule has 38 heavy (non-hydrogen) atoms. The molecule has 0 fully saturated rings. The number of guanidine groups is 1. The van der Waals surface area contributed by atoms with E-state index in [2.05, 4.69) is 20.9 Å². The van der Waals surface area contributed by atoms with Crippen LogP contribution in [-0.4, -0.2) is 67.1 Å². The van der Waals surface area contributed by atoms with Gasteiger partial charge in [0.15, 0.2) is 5.96 Å². The van der Waals surface area contributed by atoms with Gasteiger partial charge >= 0.3 is 7.12 Å². The molecule has 0 aliphatic rings. The lowest BCUT2D eigenvalue weighted by Gasteiger charge is -2.28. The molecule has 1 rings (SSSR count). The summed E-state index contributed by atoms with van der Waals surface area (Å²) in [5.41, 5.74) is 7.11. The van der Waals surface area contributed by atoms with Gasteiger partial charge < -0.3 is 36.5 Å². The molecule has 2 atom stereocenters. The summed E-state index contributed by atoms with van der Waals surface area (Å²) in [5, 5.41) is 28.0. The van der Waals surface area contributed by atoms with Crippen molar-refractivity contribution in [3.8, 4) is 5.75 Å². The monoisotopic (exact) mass is 533 g/mol. The van der Waals surface area contributed by atoms with Gasteiger partial charge in [0.25, 0.3) is 0 Å². The lowest BCUT2D eigenvalue weighted by atomic mass is 9.75. The minimum Gasteiger partial charge on any atom is -0.493 e. The highest BCUT2D eigenvalue weighted by molar-refractivity contribution is 6.43. The van der Waals surface area contributed by atoms with Gasteiger partial charge in [0, 0.05) is 19.0 Å². The van der Waals surface area contributed by atoms with Crippen LogP contribution in [0.15, 0.2) is 23.2 Å². The summed E-state index contributed by atoms with van der Waals surface area (Å²) < 4.78 is 5.93. The second-order valence-electron chi connectivity index (χ2n) is 11.0. The smallest absolute Gasteiger partial charge is 0.475 e. The third-order valence-corrected chi connectivity index (χ3v) is 6.41. The summed E-state index contributed by atoms with van der Waals surface area (Å²) in [6.45, 7) is 12.5. The molecule has 0 radical (unpaired) electrons. The number of carbonyl (C=O) groups is 2. The molecule has 0 aliphatic carbocycles. The molecule has 11 heteroatoms. The van der Waals surface area contributed by atoms with E-state index in [0.717, 1.165) is 16.9 Å². The van der Waals surface area contributed by atoms with Crippen molar-refractivity contribution in [1.29, 1.82) is 0 Å². The number of hydrogen-bond donors (Lipinski definition) is 6. The average molecular weight is 534 g/mol. The summed E-state index contributed by atoms with van der Waals surface area (Å²) in [4.78, 5) is 30.2. The number of hydrogen-bond acceptors (Lipinski definition) is 6. The molecule has 2 amide bonds. The normalized spacial score (nSPS) is 13.6. The third-order valence-electron chi connectivity index (χ3n) is 6.41. The predicted molar refractivity (Wildman–Crippen MR) is 153 cm³/mol. The molecular weight excluding hydrogens is 485 g/mol. The van der Waals surface area contributed by atoms with Gasteiger partial charge in [-0.15, -0.1) is 0 Å². The lowest BCUT2D eigenvalue weighted by Crippen LogP contribution is -2.55. The molecule has 0 unspecified atom stereocenters. The maximum Gasteiger partial charge on any atom is 0.475 e. The van der Waals surface area contributed by atoms with E-state index in [4.69, 9.17) is 10.5 Å². The first-order chi connectivity index (χ1) is 17.8. The quantitative estimate of drug-likeness (QED) is 0.0819. The van der Waals surface area contributed by atoms with Crippen molar-refractivity contribution in [3.05, 3.63) is 29.3 Å². The number of aliphatic imine (C=N–C) groups is 1. The number of nitrogens with zero attached hydrogens (tertiary/aromatic N) is 1. The van der Waals surface area contributed by atoms with Crippen molar-refractivity contribution in [2.24, 2.45) is 22.1 Å². The third kappa shape index (κ3) is 12.2. The second kappa shape index (κ2) is 16.2. The fraction of sp³-hybridized carbons (Fsp3) is 0.667. The first-order valence-corrected chi connectivity index (χ1v) is 13.4. The van der Waals surface area contributed by atoms with Crippen LogP contribution in [0.25, 0.3) is 0 Å². The average Bonchev–Trinajstić information content (AvgIpc) is 2.84. The zero-order valence-corrected chi connectivity index (χ0v) is 24.1. The van der Waals surface area contributed by atoms with E-state index >= 15 is 0 Å². The van der Waals surface area contributed by atoms with Gasteiger partial charge in [-0.25, -0.2) is 0 Å². The molecular formula is C27H48BN5O5. The maximum atomic E-state index is 13.2. The molecule has 10 nitrogen and oxygen atoms in total. The van der Waals surface area contributed by atoms with Crippen molar-refractivity contribution < 1.29 is 24.4 Å². The highest BCUT2D eigenvalue weighted by atomic mass is 16.5. The number of ether oxygens (including phenoxy) is 1. The Morgan fingerprint density at radius 2 is 1.84 bits per heavy atom.